The van der Waals surface area contributed by atoms with Crippen LogP contribution in [-0.2, 0) is 6.42 Å². The van der Waals surface area contributed by atoms with Gasteiger partial charge in [0.25, 0.3) is 5.91 Å². The molecule has 0 aliphatic carbocycles. The highest BCUT2D eigenvalue weighted by atomic mass is 35.5. The fourth-order valence-electron chi connectivity index (χ4n) is 2.28. The molecule has 1 N–H and O–H groups in total. The summed E-state index contributed by atoms with van der Waals surface area (Å²) < 4.78 is 10.5. The molecule has 1 amide bonds. The van der Waals surface area contributed by atoms with Crippen molar-refractivity contribution < 1.29 is 14.3 Å². The van der Waals surface area contributed by atoms with Crippen molar-refractivity contribution in [1.82, 2.24) is 0 Å². The third-order valence-electron chi connectivity index (χ3n) is 3.36. The lowest BCUT2D eigenvalue weighted by Gasteiger charge is -2.09. The van der Waals surface area contributed by atoms with Crippen molar-refractivity contribution in [3.05, 3.63) is 52.5 Å². The van der Waals surface area contributed by atoms with Gasteiger partial charge in [-0.25, -0.2) is 0 Å². The van der Waals surface area contributed by atoms with Crippen LogP contribution in [0.25, 0.3) is 0 Å². The van der Waals surface area contributed by atoms with E-state index in [1.54, 1.807) is 31.4 Å². The number of nitrogens with one attached hydrogen (secondary N) is 1. The van der Waals surface area contributed by atoms with Crippen molar-refractivity contribution in [3.8, 4) is 11.5 Å². The van der Waals surface area contributed by atoms with Crippen LogP contribution >= 0.6 is 11.6 Å². The first-order valence-electron chi connectivity index (χ1n) is 6.58. The van der Waals surface area contributed by atoms with Gasteiger partial charge in [0.15, 0.2) is 0 Å². The Morgan fingerprint density at radius 1 is 1.29 bits per heavy atom. The number of hydrogen-bond acceptors (Lipinski definition) is 3. The largest absolute Gasteiger partial charge is 0.495 e. The van der Waals surface area contributed by atoms with Crippen LogP contribution in [0.5, 0.6) is 11.5 Å². The Morgan fingerprint density at radius 2 is 2.14 bits per heavy atom. The Bertz CT molecular complexity index is 700. The van der Waals surface area contributed by atoms with E-state index in [9.17, 15) is 4.79 Å². The lowest BCUT2D eigenvalue weighted by molar-refractivity contribution is 0.102. The predicted octanol–water partition coefficient (Wildman–Crippen LogP) is 3.54. The number of benzene rings is 2. The van der Waals surface area contributed by atoms with Crippen molar-refractivity contribution in [2.75, 3.05) is 19.0 Å². The van der Waals surface area contributed by atoms with Crippen LogP contribution in [0.1, 0.15) is 15.9 Å². The van der Waals surface area contributed by atoms with Crippen LogP contribution in [0.4, 0.5) is 5.69 Å². The Kier molecular flexibility index (Phi) is 3.71. The van der Waals surface area contributed by atoms with Crippen LogP contribution in [0.15, 0.2) is 36.4 Å². The number of fused-ring (bicyclic) bond motifs is 1. The summed E-state index contributed by atoms with van der Waals surface area (Å²) in [7, 11) is 1.55. The molecule has 0 bridgehead atoms. The zero-order valence-electron chi connectivity index (χ0n) is 11.5. The molecule has 0 saturated carbocycles. The van der Waals surface area contributed by atoms with Gasteiger partial charge in [-0.15, -0.1) is 0 Å². The summed E-state index contributed by atoms with van der Waals surface area (Å²) in [5.41, 5.74) is 2.30. The van der Waals surface area contributed by atoms with Crippen LogP contribution in [-0.4, -0.2) is 19.6 Å². The van der Waals surface area contributed by atoms with Gasteiger partial charge in [-0.1, -0.05) is 11.6 Å². The van der Waals surface area contributed by atoms with E-state index in [0.717, 1.165) is 17.7 Å². The fourth-order valence-corrected chi connectivity index (χ4v) is 2.53. The van der Waals surface area contributed by atoms with Gasteiger partial charge < -0.3 is 14.8 Å². The van der Waals surface area contributed by atoms with Gasteiger partial charge in [0.2, 0.25) is 0 Å². The molecule has 2 aromatic rings. The Balaban J connectivity index is 1.78. The van der Waals surface area contributed by atoms with E-state index in [2.05, 4.69) is 5.32 Å². The highest BCUT2D eigenvalue weighted by Crippen LogP contribution is 2.28. The van der Waals surface area contributed by atoms with Gasteiger partial charge in [-0.3, -0.25) is 4.79 Å². The van der Waals surface area contributed by atoms with Crippen molar-refractivity contribution >= 4 is 23.2 Å². The number of carbonyl (C=O) groups excluding carboxylic acids is 1. The van der Waals surface area contributed by atoms with E-state index in [4.69, 9.17) is 21.1 Å². The maximum atomic E-state index is 12.3. The molecule has 4 nitrogen and oxygen atoms in total. The second kappa shape index (κ2) is 5.66. The lowest BCUT2D eigenvalue weighted by atomic mass is 10.1. The fraction of sp³-hybridized carbons (Fsp3) is 0.188. The van der Waals surface area contributed by atoms with Crippen LogP contribution < -0.4 is 14.8 Å². The van der Waals surface area contributed by atoms with Crippen molar-refractivity contribution in [2.24, 2.45) is 0 Å². The van der Waals surface area contributed by atoms with Crippen molar-refractivity contribution in [3.63, 3.8) is 0 Å². The number of anilines is 1. The summed E-state index contributed by atoms with van der Waals surface area (Å²) in [6.07, 6.45) is 0.838. The minimum atomic E-state index is -0.175. The third-order valence-corrected chi connectivity index (χ3v) is 3.66. The zero-order chi connectivity index (χ0) is 14.8. The molecule has 0 fully saturated rings. The molecule has 0 spiro atoms. The van der Waals surface area contributed by atoms with Crippen LogP contribution in [0.2, 0.25) is 5.02 Å². The second-order valence-electron chi connectivity index (χ2n) is 4.72. The van der Waals surface area contributed by atoms with Gasteiger partial charge in [0.05, 0.1) is 18.7 Å². The molecule has 1 aliphatic heterocycles. The number of ether oxygens (including phenoxy) is 2. The monoisotopic (exact) mass is 303 g/mol. The Labute approximate surface area is 127 Å². The Hall–Kier alpha value is -2.20. The highest BCUT2D eigenvalue weighted by molar-refractivity contribution is 6.32. The summed E-state index contributed by atoms with van der Waals surface area (Å²) in [5.74, 6) is 1.26. The van der Waals surface area contributed by atoms with Gasteiger partial charge in [-0.2, -0.15) is 0 Å². The van der Waals surface area contributed by atoms with E-state index in [-0.39, 0.29) is 5.91 Å². The molecule has 0 atom stereocenters. The van der Waals surface area contributed by atoms with E-state index in [0.29, 0.717) is 28.6 Å². The number of rotatable bonds is 3. The smallest absolute Gasteiger partial charge is 0.255 e. The van der Waals surface area contributed by atoms with Gasteiger partial charge in [0, 0.05) is 17.7 Å². The van der Waals surface area contributed by atoms with Gasteiger partial charge in [-0.05, 0) is 42.0 Å². The van der Waals surface area contributed by atoms with E-state index < -0.39 is 0 Å². The molecule has 21 heavy (non-hydrogen) atoms. The number of halogens is 1. The summed E-state index contributed by atoms with van der Waals surface area (Å²) in [4.78, 5) is 12.3. The molecule has 2 aromatic carbocycles. The Morgan fingerprint density at radius 3 is 2.90 bits per heavy atom. The number of amides is 1. The molecule has 0 radical (unpaired) electrons. The van der Waals surface area contributed by atoms with Crippen molar-refractivity contribution in [2.45, 2.75) is 6.42 Å². The number of methoxy groups -OCH3 is 1. The topological polar surface area (TPSA) is 47.6 Å². The molecule has 0 unspecified atom stereocenters. The third kappa shape index (κ3) is 2.81. The summed E-state index contributed by atoms with van der Waals surface area (Å²) >= 11 is 6.04. The maximum Gasteiger partial charge on any atom is 0.255 e. The zero-order valence-corrected chi connectivity index (χ0v) is 12.2. The predicted molar refractivity (Wildman–Crippen MR) is 81.6 cm³/mol. The van der Waals surface area contributed by atoms with Gasteiger partial charge in [0.1, 0.15) is 11.5 Å². The van der Waals surface area contributed by atoms with E-state index >= 15 is 0 Å². The summed E-state index contributed by atoms with van der Waals surface area (Å²) in [6.45, 7) is 0.675. The summed E-state index contributed by atoms with van der Waals surface area (Å²) in [5, 5.41) is 3.28. The van der Waals surface area contributed by atoms with E-state index in [1.165, 1.54) is 0 Å². The first kappa shape index (κ1) is 13.8. The average Bonchev–Trinajstić information content (AvgIpc) is 2.94. The highest BCUT2D eigenvalue weighted by Gasteiger charge is 2.15. The average molecular weight is 304 g/mol. The summed E-state index contributed by atoms with van der Waals surface area (Å²) in [6, 6.07) is 10.6. The molecular weight excluding hydrogens is 290 g/mol. The van der Waals surface area contributed by atoms with Crippen molar-refractivity contribution in [1.29, 1.82) is 0 Å². The normalized spacial score (nSPS) is 12.5. The second-order valence-corrected chi connectivity index (χ2v) is 5.13. The minimum absolute atomic E-state index is 0.175. The molecule has 1 aliphatic rings. The van der Waals surface area contributed by atoms with Crippen LogP contribution in [0, 0.1) is 0 Å². The van der Waals surface area contributed by atoms with E-state index in [1.807, 2.05) is 12.1 Å². The molecule has 108 valence electrons. The molecular formula is C16H14ClNO3. The quantitative estimate of drug-likeness (QED) is 0.943. The lowest BCUT2D eigenvalue weighted by Crippen LogP contribution is -2.12. The minimum Gasteiger partial charge on any atom is -0.495 e. The standard InChI is InChI=1S/C16H14ClNO3/c1-20-15-5-3-12(9-13(15)17)18-16(19)11-2-4-14-10(8-11)6-7-21-14/h2-5,8-9H,6-7H2,1H3,(H,18,19). The first-order chi connectivity index (χ1) is 10.2. The molecule has 5 heteroatoms. The first-order valence-corrected chi connectivity index (χ1v) is 6.96. The number of carbonyl (C=O) groups is 1. The van der Waals surface area contributed by atoms with Crippen LogP contribution in [0.3, 0.4) is 0 Å². The molecule has 0 aromatic heterocycles. The molecule has 1 heterocycles. The molecule has 3 rings (SSSR count). The van der Waals surface area contributed by atoms with Gasteiger partial charge >= 0.3 is 0 Å². The number of hydrogen-bond donors (Lipinski definition) is 1. The SMILES string of the molecule is COc1ccc(NC(=O)c2ccc3c(c2)CCO3)cc1Cl. The maximum absolute atomic E-state index is 12.3. The molecule has 0 saturated heterocycles.